The maximum Gasteiger partial charge on any atom is 0.335 e. The topological polar surface area (TPSA) is 70.6 Å². The Morgan fingerprint density at radius 2 is 2.00 bits per heavy atom. The number of carbonyl (C=O) groups is 1. The van der Waals surface area contributed by atoms with Gasteiger partial charge in [-0.1, -0.05) is 0 Å². The molecule has 0 bridgehead atoms. The van der Waals surface area contributed by atoms with Crippen molar-refractivity contribution in [2.45, 2.75) is 26.3 Å². The van der Waals surface area contributed by atoms with Gasteiger partial charge in [0.25, 0.3) is 0 Å². The molecule has 0 aliphatic rings. The van der Waals surface area contributed by atoms with E-state index in [4.69, 9.17) is 22.1 Å². The Balaban J connectivity index is 2.95. The van der Waals surface area contributed by atoms with Crippen LogP contribution < -0.4 is 15.4 Å². The molecule has 1 aromatic rings. The second-order valence-corrected chi connectivity index (χ2v) is 5.46. The van der Waals surface area contributed by atoms with Gasteiger partial charge in [-0.25, -0.2) is 4.79 Å². The van der Waals surface area contributed by atoms with Crippen molar-refractivity contribution in [1.29, 1.82) is 0 Å². The summed E-state index contributed by atoms with van der Waals surface area (Å²) < 4.78 is 5.17. The van der Waals surface area contributed by atoms with Crippen molar-refractivity contribution in [3.8, 4) is 5.75 Å². The highest BCUT2D eigenvalue weighted by Gasteiger charge is 2.14. The summed E-state index contributed by atoms with van der Waals surface area (Å²) in [5, 5.41) is 15.4. The van der Waals surface area contributed by atoms with Crippen LogP contribution in [0.5, 0.6) is 5.75 Å². The summed E-state index contributed by atoms with van der Waals surface area (Å²) in [6.45, 7) is 5.93. The van der Waals surface area contributed by atoms with Gasteiger partial charge in [0.1, 0.15) is 5.75 Å². The van der Waals surface area contributed by atoms with E-state index in [1.54, 1.807) is 6.07 Å². The molecule has 0 saturated heterocycles. The molecule has 0 amide bonds. The second-order valence-electron chi connectivity index (χ2n) is 5.05. The summed E-state index contributed by atoms with van der Waals surface area (Å²) in [7, 11) is 1.52. The average Bonchev–Trinajstić information content (AvgIpc) is 2.26. The summed E-state index contributed by atoms with van der Waals surface area (Å²) in [6, 6.07) is 4.55. The van der Waals surface area contributed by atoms with E-state index in [0.29, 0.717) is 16.5 Å². The number of carboxylic acids is 1. The van der Waals surface area contributed by atoms with Crippen LogP contribution in [0.1, 0.15) is 31.1 Å². The Morgan fingerprint density at radius 1 is 1.37 bits per heavy atom. The first-order valence-electron chi connectivity index (χ1n) is 5.73. The number of hydrogen-bond acceptors (Lipinski definition) is 3. The van der Waals surface area contributed by atoms with Crippen LogP contribution in [-0.4, -0.2) is 28.8 Å². The summed E-state index contributed by atoms with van der Waals surface area (Å²) in [4.78, 5) is 11.0. The fourth-order valence-electron chi connectivity index (χ4n) is 1.43. The molecule has 104 valence electrons. The lowest BCUT2D eigenvalue weighted by atomic mass is 10.1. The van der Waals surface area contributed by atoms with Crippen LogP contribution >= 0.6 is 12.2 Å². The zero-order valence-electron chi connectivity index (χ0n) is 11.4. The van der Waals surface area contributed by atoms with E-state index >= 15 is 0 Å². The number of ether oxygens (including phenoxy) is 1. The fourth-order valence-corrected chi connectivity index (χ4v) is 1.85. The van der Waals surface area contributed by atoms with Crippen LogP contribution in [0.2, 0.25) is 0 Å². The minimum Gasteiger partial charge on any atom is -0.495 e. The molecule has 0 spiro atoms. The lowest BCUT2D eigenvalue weighted by Gasteiger charge is -2.23. The highest BCUT2D eigenvalue weighted by atomic mass is 32.1. The van der Waals surface area contributed by atoms with Crippen LogP contribution in [0.25, 0.3) is 0 Å². The van der Waals surface area contributed by atoms with Gasteiger partial charge >= 0.3 is 5.97 Å². The lowest BCUT2D eigenvalue weighted by molar-refractivity contribution is 0.0697. The summed E-state index contributed by atoms with van der Waals surface area (Å²) in [5.74, 6) is -0.469. The van der Waals surface area contributed by atoms with E-state index in [9.17, 15) is 4.79 Å². The van der Waals surface area contributed by atoms with Crippen molar-refractivity contribution in [3.05, 3.63) is 23.8 Å². The number of aromatic carboxylic acids is 1. The lowest BCUT2D eigenvalue weighted by Crippen LogP contribution is -2.43. The molecule has 1 aromatic carbocycles. The van der Waals surface area contributed by atoms with Gasteiger partial charge in [-0.3, -0.25) is 0 Å². The summed E-state index contributed by atoms with van der Waals surface area (Å²) >= 11 is 5.18. The normalized spacial score (nSPS) is 10.7. The molecule has 1 rings (SSSR count). The Labute approximate surface area is 118 Å². The summed E-state index contributed by atoms with van der Waals surface area (Å²) in [5.41, 5.74) is 0.507. The molecule has 0 aliphatic heterocycles. The Kier molecular flexibility index (Phi) is 4.72. The number of rotatable bonds is 3. The van der Waals surface area contributed by atoms with Gasteiger partial charge in [0.15, 0.2) is 5.11 Å². The average molecular weight is 282 g/mol. The van der Waals surface area contributed by atoms with Crippen molar-refractivity contribution in [3.63, 3.8) is 0 Å². The van der Waals surface area contributed by atoms with Gasteiger partial charge in [-0.15, -0.1) is 0 Å². The standard InChI is InChI=1S/C13H18N2O3S/c1-13(2,3)15-12(19)14-9-7-8(11(16)17)5-6-10(9)18-4/h5-7H,1-4H3,(H,16,17)(H2,14,15,19). The van der Waals surface area contributed by atoms with E-state index in [2.05, 4.69) is 10.6 Å². The van der Waals surface area contributed by atoms with Gasteiger partial charge < -0.3 is 20.5 Å². The summed E-state index contributed by atoms with van der Waals surface area (Å²) in [6.07, 6.45) is 0. The maximum atomic E-state index is 11.0. The van der Waals surface area contributed by atoms with Gasteiger partial charge in [-0.2, -0.15) is 0 Å². The molecule has 0 atom stereocenters. The van der Waals surface area contributed by atoms with Gasteiger partial charge in [0, 0.05) is 5.54 Å². The fraction of sp³-hybridized carbons (Fsp3) is 0.385. The number of anilines is 1. The van der Waals surface area contributed by atoms with Crippen LogP contribution in [0.15, 0.2) is 18.2 Å². The van der Waals surface area contributed by atoms with Crippen LogP contribution in [0.3, 0.4) is 0 Å². The van der Waals surface area contributed by atoms with E-state index < -0.39 is 5.97 Å². The molecule has 6 heteroatoms. The predicted octanol–water partition coefficient (Wildman–Crippen LogP) is 2.48. The van der Waals surface area contributed by atoms with Crippen molar-refractivity contribution in [1.82, 2.24) is 5.32 Å². The van der Waals surface area contributed by atoms with Crippen molar-refractivity contribution >= 4 is 29.0 Å². The number of carboxylic acid groups (broad SMARTS) is 1. The number of methoxy groups -OCH3 is 1. The molecule has 3 N–H and O–H groups in total. The van der Waals surface area contributed by atoms with Gasteiger partial charge in [0.05, 0.1) is 18.4 Å². The first-order chi connectivity index (χ1) is 8.73. The smallest absolute Gasteiger partial charge is 0.335 e. The minimum absolute atomic E-state index is 0.168. The molecule has 0 heterocycles. The Hall–Kier alpha value is -1.82. The zero-order chi connectivity index (χ0) is 14.6. The van der Waals surface area contributed by atoms with E-state index in [0.717, 1.165) is 0 Å². The van der Waals surface area contributed by atoms with E-state index in [1.165, 1.54) is 19.2 Å². The number of benzene rings is 1. The van der Waals surface area contributed by atoms with Crippen molar-refractivity contribution in [2.75, 3.05) is 12.4 Å². The highest BCUT2D eigenvalue weighted by molar-refractivity contribution is 7.80. The number of hydrogen-bond donors (Lipinski definition) is 3. The van der Waals surface area contributed by atoms with E-state index in [-0.39, 0.29) is 11.1 Å². The van der Waals surface area contributed by atoms with Gasteiger partial charge in [-0.05, 0) is 51.2 Å². The monoisotopic (exact) mass is 282 g/mol. The third-order valence-electron chi connectivity index (χ3n) is 2.18. The molecule has 19 heavy (non-hydrogen) atoms. The highest BCUT2D eigenvalue weighted by Crippen LogP contribution is 2.25. The number of thiocarbonyl (C=S) groups is 1. The second kappa shape index (κ2) is 5.88. The SMILES string of the molecule is COc1ccc(C(=O)O)cc1NC(=S)NC(C)(C)C. The quantitative estimate of drug-likeness (QED) is 0.740. The largest absolute Gasteiger partial charge is 0.495 e. The maximum absolute atomic E-state index is 11.0. The molecule has 0 aromatic heterocycles. The van der Waals surface area contributed by atoms with Crippen LogP contribution in [0, 0.1) is 0 Å². The third-order valence-corrected chi connectivity index (χ3v) is 2.39. The molecule has 0 fully saturated rings. The van der Waals surface area contributed by atoms with E-state index in [1.807, 2.05) is 20.8 Å². The molecule has 0 unspecified atom stereocenters. The Morgan fingerprint density at radius 3 is 2.47 bits per heavy atom. The predicted molar refractivity (Wildman–Crippen MR) is 79.1 cm³/mol. The molecule has 0 aliphatic carbocycles. The van der Waals surface area contributed by atoms with Crippen LogP contribution in [-0.2, 0) is 0 Å². The molecular formula is C13H18N2O3S. The molecule has 5 nitrogen and oxygen atoms in total. The number of nitrogens with one attached hydrogen (secondary N) is 2. The van der Waals surface area contributed by atoms with Crippen molar-refractivity contribution in [2.24, 2.45) is 0 Å². The zero-order valence-corrected chi connectivity index (χ0v) is 12.2. The molecule has 0 radical (unpaired) electrons. The molecular weight excluding hydrogens is 264 g/mol. The van der Waals surface area contributed by atoms with Crippen LogP contribution in [0.4, 0.5) is 5.69 Å². The van der Waals surface area contributed by atoms with Crippen molar-refractivity contribution < 1.29 is 14.6 Å². The minimum atomic E-state index is -1.000. The Bertz CT molecular complexity index is 495. The first kappa shape index (κ1) is 15.2. The first-order valence-corrected chi connectivity index (χ1v) is 6.14. The third kappa shape index (κ3) is 4.75. The van der Waals surface area contributed by atoms with Gasteiger partial charge in [0.2, 0.25) is 0 Å². The molecule has 0 saturated carbocycles.